The smallest absolute Gasteiger partial charge is 0.311 e. The lowest BCUT2D eigenvalue weighted by atomic mass is 10.1. The molecule has 1 aromatic rings. The van der Waals surface area contributed by atoms with Gasteiger partial charge in [0.1, 0.15) is 0 Å². The van der Waals surface area contributed by atoms with Crippen molar-refractivity contribution in [2.45, 2.75) is 38.3 Å². The first-order valence-electron chi connectivity index (χ1n) is 6.29. The lowest BCUT2D eigenvalue weighted by Crippen LogP contribution is -2.37. The number of nitrogens with one attached hydrogen (secondary N) is 1. The molecule has 0 unspecified atom stereocenters. The number of benzene rings is 1. The summed E-state index contributed by atoms with van der Waals surface area (Å²) in [7, 11) is 0. The molecule has 0 aliphatic heterocycles. The molecule has 0 heterocycles. The zero-order valence-electron chi connectivity index (χ0n) is 10.7. The molecule has 2 rings (SSSR count). The maximum Gasteiger partial charge on any atom is 0.311 e. The summed E-state index contributed by atoms with van der Waals surface area (Å²) in [5, 5.41) is 2.81. The normalized spacial score (nSPS) is 15.7. The molecule has 1 amide bonds. The molecule has 19 heavy (non-hydrogen) atoms. The number of esters is 1. The highest BCUT2D eigenvalue weighted by atomic mass is 79.9. The molecule has 5 heteroatoms. The number of amides is 1. The van der Waals surface area contributed by atoms with Gasteiger partial charge in [0.15, 0.2) is 6.10 Å². The van der Waals surface area contributed by atoms with E-state index in [1.54, 1.807) is 6.92 Å². The summed E-state index contributed by atoms with van der Waals surface area (Å²) in [5.41, 5.74) is 0.864. The molecule has 1 N–H and O–H groups in total. The van der Waals surface area contributed by atoms with Crippen LogP contribution in [-0.4, -0.2) is 24.0 Å². The Morgan fingerprint density at radius 3 is 2.58 bits per heavy atom. The Kier molecular flexibility index (Phi) is 4.58. The maximum absolute atomic E-state index is 11.7. The fourth-order valence-corrected chi connectivity index (χ4v) is 1.87. The van der Waals surface area contributed by atoms with Crippen LogP contribution in [0.2, 0.25) is 0 Å². The van der Waals surface area contributed by atoms with Crippen molar-refractivity contribution in [1.29, 1.82) is 0 Å². The minimum atomic E-state index is -0.733. The van der Waals surface area contributed by atoms with Crippen molar-refractivity contribution in [3.63, 3.8) is 0 Å². The standard InChI is InChI=1S/C14H16BrNO3/c1-9(14(18)16-12-6-7-12)19-13(17)8-10-2-4-11(15)5-3-10/h2-5,9,12H,6-8H2,1H3,(H,16,18)/t9-/m0/s1. The average Bonchev–Trinajstić information content (AvgIpc) is 3.16. The Hall–Kier alpha value is -1.36. The number of ether oxygens (including phenoxy) is 1. The van der Waals surface area contributed by atoms with E-state index in [0.717, 1.165) is 22.9 Å². The Morgan fingerprint density at radius 1 is 1.37 bits per heavy atom. The Morgan fingerprint density at radius 2 is 2.00 bits per heavy atom. The van der Waals surface area contributed by atoms with E-state index >= 15 is 0 Å². The van der Waals surface area contributed by atoms with Gasteiger partial charge in [-0.1, -0.05) is 28.1 Å². The molecule has 0 spiro atoms. The van der Waals surface area contributed by atoms with Crippen molar-refractivity contribution < 1.29 is 14.3 Å². The molecular weight excluding hydrogens is 310 g/mol. The third-order valence-corrected chi connectivity index (χ3v) is 3.39. The van der Waals surface area contributed by atoms with Crippen LogP contribution in [0.15, 0.2) is 28.7 Å². The first kappa shape index (κ1) is 14.1. The number of hydrogen-bond acceptors (Lipinski definition) is 3. The summed E-state index contributed by atoms with van der Waals surface area (Å²) in [6, 6.07) is 7.71. The highest BCUT2D eigenvalue weighted by molar-refractivity contribution is 9.10. The summed E-state index contributed by atoms with van der Waals surface area (Å²) >= 11 is 3.33. The third kappa shape index (κ3) is 4.67. The zero-order chi connectivity index (χ0) is 13.8. The Bertz CT molecular complexity index is 468. The van der Waals surface area contributed by atoms with Gasteiger partial charge in [0.2, 0.25) is 0 Å². The fourth-order valence-electron chi connectivity index (χ4n) is 1.61. The number of halogens is 1. The summed E-state index contributed by atoms with van der Waals surface area (Å²) in [6.07, 6.45) is 1.48. The van der Waals surface area contributed by atoms with Crippen LogP contribution >= 0.6 is 15.9 Å². The second-order valence-electron chi connectivity index (χ2n) is 4.72. The quantitative estimate of drug-likeness (QED) is 0.844. The van der Waals surface area contributed by atoms with Crippen LogP contribution in [0.4, 0.5) is 0 Å². The molecule has 1 atom stereocenters. The average molecular weight is 326 g/mol. The van der Waals surface area contributed by atoms with Gasteiger partial charge in [-0.25, -0.2) is 0 Å². The summed E-state index contributed by atoms with van der Waals surface area (Å²) in [6.45, 7) is 1.59. The summed E-state index contributed by atoms with van der Waals surface area (Å²) < 4.78 is 6.07. The number of rotatable bonds is 5. The SMILES string of the molecule is C[C@H](OC(=O)Cc1ccc(Br)cc1)C(=O)NC1CC1. The van der Waals surface area contributed by atoms with Gasteiger partial charge >= 0.3 is 5.97 Å². The Labute approximate surface area is 120 Å². The van der Waals surface area contributed by atoms with Crippen molar-refractivity contribution in [1.82, 2.24) is 5.32 Å². The number of hydrogen-bond donors (Lipinski definition) is 1. The van der Waals surface area contributed by atoms with Gasteiger partial charge in [-0.05, 0) is 37.5 Å². The molecule has 1 aliphatic rings. The molecule has 0 radical (unpaired) electrons. The van der Waals surface area contributed by atoms with Gasteiger partial charge in [0.25, 0.3) is 5.91 Å². The Balaban J connectivity index is 1.79. The first-order chi connectivity index (χ1) is 9.04. The van der Waals surface area contributed by atoms with Crippen LogP contribution in [-0.2, 0) is 20.7 Å². The van der Waals surface area contributed by atoms with Crippen LogP contribution in [0.1, 0.15) is 25.3 Å². The van der Waals surface area contributed by atoms with Crippen LogP contribution in [0.3, 0.4) is 0 Å². The lowest BCUT2D eigenvalue weighted by molar-refractivity contribution is -0.154. The molecule has 1 aromatic carbocycles. The minimum Gasteiger partial charge on any atom is -0.452 e. The second-order valence-corrected chi connectivity index (χ2v) is 5.63. The van der Waals surface area contributed by atoms with Crippen molar-refractivity contribution in [2.24, 2.45) is 0 Å². The molecular formula is C14H16BrNO3. The molecule has 1 fully saturated rings. The predicted octanol–water partition coefficient (Wildman–Crippen LogP) is 2.20. The third-order valence-electron chi connectivity index (χ3n) is 2.86. The monoisotopic (exact) mass is 325 g/mol. The minimum absolute atomic E-state index is 0.175. The second kappa shape index (κ2) is 6.19. The summed E-state index contributed by atoms with van der Waals surface area (Å²) in [5.74, 6) is -0.604. The predicted molar refractivity (Wildman–Crippen MR) is 74.6 cm³/mol. The van der Waals surface area contributed by atoms with Crippen molar-refractivity contribution in [3.05, 3.63) is 34.3 Å². The van der Waals surface area contributed by atoms with E-state index in [-0.39, 0.29) is 24.3 Å². The lowest BCUT2D eigenvalue weighted by Gasteiger charge is -2.13. The topological polar surface area (TPSA) is 55.4 Å². The van der Waals surface area contributed by atoms with Crippen molar-refractivity contribution in [3.8, 4) is 0 Å². The van der Waals surface area contributed by atoms with Gasteiger partial charge < -0.3 is 10.1 Å². The number of carbonyl (C=O) groups excluding carboxylic acids is 2. The zero-order valence-corrected chi connectivity index (χ0v) is 12.3. The first-order valence-corrected chi connectivity index (χ1v) is 7.08. The molecule has 4 nitrogen and oxygen atoms in total. The summed E-state index contributed by atoms with van der Waals surface area (Å²) in [4.78, 5) is 23.3. The van der Waals surface area contributed by atoms with E-state index in [1.165, 1.54) is 0 Å². The van der Waals surface area contributed by atoms with Gasteiger partial charge in [-0.15, -0.1) is 0 Å². The molecule has 1 saturated carbocycles. The van der Waals surface area contributed by atoms with Crippen LogP contribution < -0.4 is 5.32 Å². The van der Waals surface area contributed by atoms with Gasteiger partial charge in [0.05, 0.1) is 6.42 Å². The van der Waals surface area contributed by atoms with E-state index in [9.17, 15) is 9.59 Å². The molecule has 102 valence electrons. The van der Waals surface area contributed by atoms with Gasteiger partial charge in [0, 0.05) is 10.5 Å². The number of carbonyl (C=O) groups is 2. The molecule has 0 saturated heterocycles. The van der Waals surface area contributed by atoms with Gasteiger partial charge in [-0.2, -0.15) is 0 Å². The van der Waals surface area contributed by atoms with E-state index in [0.29, 0.717) is 0 Å². The van der Waals surface area contributed by atoms with E-state index in [2.05, 4.69) is 21.2 Å². The maximum atomic E-state index is 11.7. The van der Waals surface area contributed by atoms with Crippen molar-refractivity contribution in [2.75, 3.05) is 0 Å². The largest absolute Gasteiger partial charge is 0.452 e. The highest BCUT2D eigenvalue weighted by Gasteiger charge is 2.27. The van der Waals surface area contributed by atoms with Gasteiger partial charge in [-0.3, -0.25) is 9.59 Å². The molecule has 0 aromatic heterocycles. The van der Waals surface area contributed by atoms with E-state index in [4.69, 9.17) is 4.74 Å². The van der Waals surface area contributed by atoms with Crippen LogP contribution in [0.5, 0.6) is 0 Å². The van der Waals surface area contributed by atoms with Crippen LogP contribution in [0, 0.1) is 0 Å². The highest BCUT2D eigenvalue weighted by Crippen LogP contribution is 2.19. The molecule has 1 aliphatic carbocycles. The van der Waals surface area contributed by atoms with E-state index in [1.807, 2.05) is 24.3 Å². The van der Waals surface area contributed by atoms with Crippen LogP contribution in [0.25, 0.3) is 0 Å². The van der Waals surface area contributed by atoms with E-state index < -0.39 is 6.10 Å². The fraction of sp³-hybridized carbons (Fsp3) is 0.429. The molecule has 0 bridgehead atoms. The van der Waals surface area contributed by atoms with Crippen molar-refractivity contribution >= 4 is 27.8 Å².